The summed E-state index contributed by atoms with van der Waals surface area (Å²) in [4.78, 5) is 23.6. The second kappa shape index (κ2) is 6.85. The highest BCUT2D eigenvalue weighted by atomic mass is 35.5. The molecule has 7 nitrogen and oxygen atoms in total. The molecule has 2 aromatic rings. The Kier molecular flexibility index (Phi) is 4.40. The van der Waals surface area contributed by atoms with Gasteiger partial charge in [0.2, 0.25) is 5.95 Å². The first-order valence-corrected chi connectivity index (χ1v) is 10.4. The zero-order valence-electron chi connectivity index (χ0n) is 16.3. The SMILES string of the molecule is Cc1cnc(N2C[C@@H]3[C@H](CNC(=O)c4ccc(Cl)cc4)[C@H]4CC[C@]3(C2)O4)nc1N. The Bertz CT molecular complexity index is 953. The predicted molar refractivity (Wildman–Crippen MR) is 111 cm³/mol. The van der Waals surface area contributed by atoms with Crippen molar-refractivity contribution in [3.8, 4) is 0 Å². The van der Waals surface area contributed by atoms with Crippen LogP contribution >= 0.6 is 11.6 Å². The molecule has 152 valence electrons. The zero-order chi connectivity index (χ0) is 20.2. The molecule has 3 aliphatic rings. The van der Waals surface area contributed by atoms with Crippen molar-refractivity contribution in [3.63, 3.8) is 0 Å². The quantitative estimate of drug-likeness (QED) is 0.799. The van der Waals surface area contributed by atoms with Gasteiger partial charge in [0.15, 0.2) is 0 Å². The summed E-state index contributed by atoms with van der Waals surface area (Å²) >= 11 is 5.91. The summed E-state index contributed by atoms with van der Waals surface area (Å²) in [5.41, 5.74) is 7.32. The summed E-state index contributed by atoms with van der Waals surface area (Å²) in [5.74, 6) is 1.73. The molecule has 3 fully saturated rings. The molecule has 0 unspecified atom stereocenters. The third-order valence-electron chi connectivity index (χ3n) is 6.67. The van der Waals surface area contributed by atoms with Crippen molar-refractivity contribution in [1.29, 1.82) is 0 Å². The smallest absolute Gasteiger partial charge is 0.251 e. The highest BCUT2D eigenvalue weighted by Crippen LogP contribution is 2.55. The number of carbonyl (C=O) groups is 1. The maximum Gasteiger partial charge on any atom is 0.251 e. The van der Waals surface area contributed by atoms with Crippen LogP contribution in [0.2, 0.25) is 5.02 Å². The van der Waals surface area contributed by atoms with Crippen LogP contribution in [0.1, 0.15) is 28.8 Å². The van der Waals surface area contributed by atoms with Crippen LogP contribution in [0.3, 0.4) is 0 Å². The first-order chi connectivity index (χ1) is 13.9. The summed E-state index contributed by atoms with van der Waals surface area (Å²) < 4.78 is 6.46. The number of benzene rings is 1. The van der Waals surface area contributed by atoms with Crippen LogP contribution in [-0.2, 0) is 4.74 Å². The molecule has 0 saturated carbocycles. The van der Waals surface area contributed by atoms with Gasteiger partial charge >= 0.3 is 0 Å². The number of carbonyl (C=O) groups excluding carboxylic acids is 1. The minimum absolute atomic E-state index is 0.0806. The summed E-state index contributed by atoms with van der Waals surface area (Å²) in [6.45, 7) is 4.10. The van der Waals surface area contributed by atoms with Gasteiger partial charge < -0.3 is 20.7 Å². The number of hydrogen-bond donors (Lipinski definition) is 2. The Hall–Kier alpha value is -2.38. The minimum atomic E-state index is -0.163. The van der Waals surface area contributed by atoms with E-state index in [1.54, 1.807) is 30.5 Å². The lowest BCUT2D eigenvalue weighted by atomic mass is 9.73. The van der Waals surface area contributed by atoms with Crippen molar-refractivity contribution in [1.82, 2.24) is 15.3 Å². The molecular formula is C21H24ClN5O2. The number of nitrogens with zero attached hydrogens (tertiary/aromatic N) is 3. The molecule has 3 aliphatic heterocycles. The van der Waals surface area contributed by atoms with Gasteiger partial charge in [-0.2, -0.15) is 4.98 Å². The van der Waals surface area contributed by atoms with Gasteiger partial charge in [-0.1, -0.05) is 11.6 Å². The lowest BCUT2D eigenvalue weighted by Gasteiger charge is -2.29. The highest BCUT2D eigenvalue weighted by Gasteiger charge is 2.63. The lowest BCUT2D eigenvalue weighted by Crippen LogP contribution is -2.41. The van der Waals surface area contributed by atoms with Crippen molar-refractivity contribution in [2.45, 2.75) is 31.5 Å². The van der Waals surface area contributed by atoms with E-state index in [1.807, 2.05) is 6.92 Å². The molecule has 5 rings (SSSR count). The van der Waals surface area contributed by atoms with E-state index < -0.39 is 0 Å². The molecule has 1 spiro atoms. The van der Waals surface area contributed by atoms with Gasteiger partial charge in [0.05, 0.1) is 18.2 Å². The van der Waals surface area contributed by atoms with Gasteiger partial charge in [-0.3, -0.25) is 4.79 Å². The molecule has 0 radical (unpaired) electrons. The summed E-state index contributed by atoms with van der Waals surface area (Å²) in [6, 6.07) is 6.95. The van der Waals surface area contributed by atoms with Crippen LogP contribution in [0.15, 0.2) is 30.5 Å². The van der Waals surface area contributed by atoms with Crippen LogP contribution < -0.4 is 16.0 Å². The molecule has 2 bridgehead atoms. The third kappa shape index (κ3) is 3.13. The number of nitrogens with one attached hydrogen (secondary N) is 1. The molecule has 1 aromatic carbocycles. The van der Waals surface area contributed by atoms with Crippen LogP contribution in [-0.4, -0.2) is 47.2 Å². The van der Waals surface area contributed by atoms with E-state index in [9.17, 15) is 4.79 Å². The largest absolute Gasteiger partial charge is 0.383 e. The van der Waals surface area contributed by atoms with Crippen molar-refractivity contribution >= 4 is 29.3 Å². The van der Waals surface area contributed by atoms with Crippen LogP contribution in [0.5, 0.6) is 0 Å². The predicted octanol–water partition coefficient (Wildman–Crippen LogP) is 2.43. The maximum atomic E-state index is 12.5. The Morgan fingerprint density at radius 1 is 1.41 bits per heavy atom. The average molecular weight is 414 g/mol. The summed E-state index contributed by atoms with van der Waals surface area (Å²) in [5, 5.41) is 3.71. The maximum absolute atomic E-state index is 12.5. The number of aromatic nitrogens is 2. The Morgan fingerprint density at radius 2 is 2.21 bits per heavy atom. The number of fused-ring (bicyclic) bond motifs is 1. The second-order valence-corrected chi connectivity index (χ2v) is 8.80. The topological polar surface area (TPSA) is 93.4 Å². The number of amides is 1. The third-order valence-corrected chi connectivity index (χ3v) is 6.92. The molecule has 4 heterocycles. The molecule has 1 amide bonds. The number of rotatable bonds is 4. The highest BCUT2D eigenvalue weighted by molar-refractivity contribution is 6.30. The number of anilines is 2. The summed E-state index contributed by atoms with van der Waals surface area (Å²) in [7, 11) is 0. The fourth-order valence-corrected chi connectivity index (χ4v) is 5.25. The average Bonchev–Trinajstić information content (AvgIpc) is 3.37. The second-order valence-electron chi connectivity index (χ2n) is 8.37. The van der Waals surface area contributed by atoms with Gasteiger partial charge in [-0.25, -0.2) is 4.98 Å². The van der Waals surface area contributed by atoms with Crippen molar-refractivity contribution in [2.24, 2.45) is 11.8 Å². The minimum Gasteiger partial charge on any atom is -0.383 e. The van der Waals surface area contributed by atoms with Crippen LogP contribution in [0.4, 0.5) is 11.8 Å². The molecule has 3 saturated heterocycles. The fourth-order valence-electron chi connectivity index (χ4n) is 5.13. The van der Waals surface area contributed by atoms with Gasteiger partial charge in [-0.05, 0) is 44.0 Å². The van der Waals surface area contributed by atoms with Crippen molar-refractivity contribution in [3.05, 3.63) is 46.6 Å². The van der Waals surface area contributed by atoms with E-state index in [4.69, 9.17) is 22.1 Å². The van der Waals surface area contributed by atoms with E-state index in [0.717, 1.165) is 31.5 Å². The molecule has 1 aromatic heterocycles. The van der Waals surface area contributed by atoms with Gasteiger partial charge in [-0.15, -0.1) is 0 Å². The molecule has 3 N–H and O–H groups in total. The van der Waals surface area contributed by atoms with E-state index in [0.29, 0.717) is 34.8 Å². The van der Waals surface area contributed by atoms with Gasteiger partial charge in [0.25, 0.3) is 5.91 Å². The van der Waals surface area contributed by atoms with E-state index in [-0.39, 0.29) is 23.5 Å². The Labute approximate surface area is 174 Å². The number of halogens is 1. The normalized spacial score (nSPS) is 29.9. The number of ether oxygens (including phenoxy) is 1. The number of nitrogens with two attached hydrogens (primary N) is 1. The fraction of sp³-hybridized carbons (Fsp3) is 0.476. The van der Waals surface area contributed by atoms with E-state index in [2.05, 4.69) is 20.2 Å². The van der Waals surface area contributed by atoms with Crippen LogP contribution in [0, 0.1) is 18.8 Å². The van der Waals surface area contributed by atoms with E-state index in [1.165, 1.54) is 0 Å². The van der Waals surface area contributed by atoms with Gasteiger partial charge in [0, 0.05) is 47.3 Å². The van der Waals surface area contributed by atoms with Crippen molar-refractivity contribution in [2.75, 3.05) is 30.3 Å². The van der Waals surface area contributed by atoms with Crippen molar-refractivity contribution < 1.29 is 9.53 Å². The molecule has 0 aliphatic carbocycles. The molecule has 8 heteroatoms. The first-order valence-electron chi connectivity index (χ1n) is 10.0. The first kappa shape index (κ1) is 18.6. The Balaban J connectivity index is 1.29. The number of hydrogen-bond acceptors (Lipinski definition) is 6. The molecule has 4 atom stereocenters. The number of nitrogen functional groups attached to an aromatic ring is 1. The molecule has 29 heavy (non-hydrogen) atoms. The van der Waals surface area contributed by atoms with Gasteiger partial charge in [0.1, 0.15) is 5.82 Å². The molecular weight excluding hydrogens is 390 g/mol. The van der Waals surface area contributed by atoms with E-state index >= 15 is 0 Å². The lowest BCUT2D eigenvalue weighted by molar-refractivity contribution is 0.0141. The zero-order valence-corrected chi connectivity index (χ0v) is 17.0. The number of aryl methyl sites for hydroxylation is 1. The Morgan fingerprint density at radius 3 is 2.97 bits per heavy atom. The standard InChI is InChI=1S/C21H24ClN5O2/c1-12-8-25-20(26-18(12)23)27-10-16-15(17-6-7-21(16,11-27)29-17)9-24-19(28)13-2-4-14(22)5-3-13/h2-5,8,15-17H,6-7,9-11H2,1H3,(H,24,28)(H2,23,25,26)/t15-,16+,17+,21+/m0/s1. The summed E-state index contributed by atoms with van der Waals surface area (Å²) in [6.07, 6.45) is 4.05. The monoisotopic (exact) mass is 413 g/mol. The van der Waals surface area contributed by atoms with Crippen LogP contribution in [0.25, 0.3) is 0 Å².